The van der Waals surface area contributed by atoms with Gasteiger partial charge in [-0.15, -0.1) is 0 Å². The molecule has 0 aliphatic heterocycles. The van der Waals surface area contributed by atoms with Crippen LogP contribution in [0.5, 0.6) is 0 Å². The number of fused-ring (bicyclic) bond motifs is 1. The molecule has 2 aliphatic rings. The van der Waals surface area contributed by atoms with Gasteiger partial charge in [0.15, 0.2) is 5.78 Å². The Kier molecular flexibility index (Phi) is 1.37. The molecule has 0 aromatic carbocycles. The summed E-state index contributed by atoms with van der Waals surface area (Å²) in [5, 5.41) is 0. The van der Waals surface area contributed by atoms with Gasteiger partial charge in [-0.3, -0.25) is 4.79 Å². The summed E-state index contributed by atoms with van der Waals surface area (Å²) in [5.74, 6) is 1.21. The van der Waals surface area contributed by atoms with Crippen LogP contribution < -0.4 is 0 Å². The molecule has 11 heavy (non-hydrogen) atoms. The molecule has 2 rings (SSSR count). The first kappa shape index (κ1) is 7.29. The zero-order valence-corrected chi connectivity index (χ0v) is 7.09. The summed E-state index contributed by atoms with van der Waals surface area (Å²) >= 11 is 0. The van der Waals surface area contributed by atoms with Crippen LogP contribution in [-0.4, -0.2) is 18.5 Å². The Hall–Kier alpha value is -0.370. The summed E-state index contributed by atoms with van der Waals surface area (Å²) in [6, 6.07) is 0. The SMILES string of the molecule is COC1(C)C(=O)C2CCCC21. The molecule has 3 atom stereocenters. The highest BCUT2D eigenvalue weighted by Gasteiger charge is 2.60. The fourth-order valence-corrected chi connectivity index (χ4v) is 2.64. The Labute approximate surface area is 66.9 Å². The maximum absolute atomic E-state index is 11.5. The van der Waals surface area contributed by atoms with Crippen molar-refractivity contribution >= 4 is 5.78 Å². The second-order valence-corrected chi connectivity index (χ2v) is 3.82. The molecular weight excluding hydrogens is 140 g/mol. The van der Waals surface area contributed by atoms with Gasteiger partial charge in [-0.1, -0.05) is 6.42 Å². The Morgan fingerprint density at radius 1 is 1.55 bits per heavy atom. The molecule has 0 radical (unpaired) electrons. The second kappa shape index (κ2) is 2.07. The van der Waals surface area contributed by atoms with E-state index in [0.717, 1.165) is 6.42 Å². The number of rotatable bonds is 1. The number of ether oxygens (including phenoxy) is 1. The van der Waals surface area contributed by atoms with E-state index in [4.69, 9.17) is 4.74 Å². The Balaban J connectivity index is 2.20. The molecule has 3 unspecified atom stereocenters. The summed E-state index contributed by atoms with van der Waals surface area (Å²) in [6.45, 7) is 1.93. The standard InChI is InChI=1S/C9H14O2/c1-9(11-2)7-5-3-4-6(7)8(9)10/h6-7H,3-5H2,1-2H3. The first-order chi connectivity index (χ1) is 5.20. The second-order valence-electron chi connectivity index (χ2n) is 3.82. The number of methoxy groups -OCH3 is 1. The van der Waals surface area contributed by atoms with Crippen LogP contribution >= 0.6 is 0 Å². The van der Waals surface area contributed by atoms with Gasteiger partial charge in [0, 0.05) is 18.9 Å². The summed E-state index contributed by atoms with van der Waals surface area (Å²) < 4.78 is 5.25. The van der Waals surface area contributed by atoms with Crippen molar-refractivity contribution in [2.24, 2.45) is 11.8 Å². The lowest BCUT2D eigenvalue weighted by atomic mass is 9.62. The van der Waals surface area contributed by atoms with E-state index in [1.54, 1.807) is 7.11 Å². The fraction of sp³-hybridized carbons (Fsp3) is 0.889. The van der Waals surface area contributed by atoms with E-state index in [1.807, 2.05) is 6.92 Å². The third-order valence-corrected chi connectivity index (χ3v) is 3.47. The van der Waals surface area contributed by atoms with E-state index in [9.17, 15) is 4.79 Å². The van der Waals surface area contributed by atoms with Crippen molar-refractivity contribution in [3.8, 4) is 0 Å². The molecule has 2 heteroatoms. The van der Waals surface area contributed by atoms with Crippen LogP contribution in [0.2, 0.25) is 0 Å². The van der Waals surface area contributed by atoms with Crippen molar-refractivity contribution < 1.29 is 9.53 Å². The Morgan fingerprint density at radius 2 is 2.27 bits per heavy atom. The molecule has 0 saturated heterocycles. The number of ketones is 1. The summed E-state index contributed by atoms with van der Waals surface area (Å²) in [4.78, 5) is 11.5. The number of carbonyl (C=O) groups is 1. The topological polar surface area (TPSA) is 26.3 Å². The molecule has 0 aromatic heterocycles. The smallest absolute Gasteiger partial charge is 0.168 e. The van der Waals surface area contributed by atoms with Crippen molar-refractivity contribution in [1.29, 1.82) is 0 Å². The molecule has 0 heterocycles. The minimum absolute atomic E-state index is 0.336. The van der Waals surface area contributed by atoms with Crippen LogP contribution in [0.1, 0.15) is 26.2 Å². The van der Waals surface area contributed by atoms with Crippen molar-refractivity contribution in [2.45, 2.75) is 31.8 Å². The highest BCUT2D eigenvalue weighted by molar-refractivity contribution is 5.96. The van der Waals surface area contributed by atoms with Gasteiger partial charge < -0.3 is 4.74 Å². The predicted molar refractivity (Wildman–Crippen MR) is 41.3 cm³/mol. The molecule has 0 spiro atoms. The maximum atomic E-state index is 11.5. The van der Waals surface area contributed by atoms with E-state index in [-0.39, 0.29) is 0 Å². The largest absolute Gasteiger partial charge is 0.370 e. The number of hydrogen-bond acceptors (Lipinski definition) is 2. The molecule has 0 amide bonds. The summed E-state index contributed by atoms with van der Waals surface area (Å²) in [6.07, 6.45) is 3.49. The lowest BCUT2D eigenvalue weighted by Crippen LogP contribution is -2.60. The molecule has 2 aliphatic carbocycles. The predicted octanol–water partition coefficient (Wildman–Crippen LogP) is 1.39. The van der Waals surface area contributed by atoms with Crippen molar-refractivity contribution in [1.82, 2.24) is 0 Å². The normalized spacial score (nSPS) is 48.7. The van der Waals surface area contributed by atoms with Gasteiger partial charge in [0.25, 0.3) is 0 Å². The molecule has 2 nitrogen and oxygen atoms in total. The van der Waals surface area contributed by atoms with Crippen molar-refractivity contribution in [3.05, 3.63) is 0 Å². The van der Waals surface area contributed by atoms with Gasteiger partial charge >= 0.3 is 0 Å². The van der Waals surface area contributed by atoms with Crippen LogP contribution in [0.25, 0.3) is 0 Å². The fourth-order valence-electron chi connectivity index (χ4n) is 2.64. The first-order valence-corrected chi connectivity index (χ1v) is 4.29. The highest BCUT2D eigenvalue weighted by Crippen LogP contribution is 2.52. The molecule has 0 bridgehead atoms. The average Bonchev–Trinajstić information content (AvgIpc) is 2.48. The van der Waals surface area contributed by atoms with E-state index in [2.05, 4.69) is 0 Å². The van der Waals surface area contributed by atoms with E-state index >= 15 is 0 Å². The van der Waals surface area contributed by atoms with Gasteiger partial charge in [0.05, 0.1) is 0 Å². The Bertz CT molecular complexity index is 200. The maximum Gasteiger partial charge on any atom is 0.168 e. The van der Waals surface area contributed by atoms with Crippen LogP contribution in [0.4, 0.5) is 0 Å². The molecule has 2 saturated carbocycles. The van der Waals surface area contributed by atoms with E-state index in [0.29, 0.717) is 17.6 Å². The summed E-state index contributed by atoms with van der Waals surface area (Å²) in [7, 11) is 1.65. The zero-order chi connectivity index (χ0) is 8.06. The van der Waals surface area contributed by atoms with E-state index < -0.39 is 5.60 Å². The van der Waals surface area contributed by atoms with Gasteiger partial charge in [-0.05, 0) is 19.8 Å². The number of carbonyl (C=O) groups excluding carboxylic acids is 1. The van der Waals surface area contributed by atoms with Crippen molar-refractivity contribution in [2.75, 3.05) is 7.11 Å². The van der Waals surface area contributed by atoms with Gasteiger partial charge in [-0.2, -0.15) is 0 Å². The average molecular weight is 154 g/mol. The molecule has 2 fully saturated rings. The minimum Gasteiger partial charge on any atom is -0.370 e. The molecule has 0 N–H and O–H groups in total. The van der Waals surface area contributed by atoms with Crippen molar-refractivity contribution in [3.63, 3.8) is 0 Å². The number of Topliss-reactive ketones (excluding diaryl/α,β-unsaturated/α-hetero) is 1. The first-order valence-electron chi connectivity index (χ1n) is 4.29. The quantitative estimate of drug-likeness (QED) is 0.570. The van der Waals surface area contributed by atoms with E-state index in [1.165, 1.54) is 12.8 Å². The third kappa shape index (κ3) is 0.684. The summed E-state index contributed by atoms with van der Waals surface area (Å²) in [5.41, 5.74) is -0.416. The van der Waals surface area contributed by atoms with Gasteiger partial charge in [-0.25, -0.2) is 0 Å². The Morgan fingerprint density at radius 3 is 2.91 bits per heavy atom. The lowest BCUT2D eigenvalue weighted by Gasteiger charge is -2.46. The van der Waals surface area contributed by atoms with Crippen LogP contribution in [0.3, 0.4) is 0 Å². The van der Waals surface area contributed by atoms with Gasteiger partial charge in [0.2, 0.25) is 0 Å². The van der Waals surface area contributed by atoms with Crippen LogP contribution in [0, 0.1) is 11.8 Å². The molecule has 0 aromatic rings. The molecule has 62 valence electrons. The van der Waals surface area contributed by atoms with Gasteiger partial charge in [0.1, 0.15) is 5.60 Å². The lowest BCUT2D eigenvalue weighted by molar-refractivity contribution is -0.175. The van der Waals surface area contributed by atoms with Crippen LogP contribution in [-0.2, 0) is 9.53 Å². The minimum atomic E-state index is -0.416. The molecular formula is C9H14O2. The monoisotopic (exact) mass is 154 g/mol. The zero-order valence-electron chi connectivity index (χ0n) is 7.09. The third-order valence-electron chi connectivity index (χ3n) is 3.47. The highest BCUT2D eigenvalue weighted by atomic mass is 16.5. The van der Waals surface area contributed by atoms with Crippen LogP contribution in [0.15, 0.2) is 0 Å². The number of hydrogen-bond donors (Lipinski definition) is 0.